The van der Waals surface area contributed by atoms with Crippen molar-refractivity contribution < 1.29 is 8.42 Å². The molecule has 1 aliphatic heterocycles. The number of piperidine rings is 1. The van der Waals surface area contributed by atoms with E-state index in [2.05, 4.69) is 9.97 Å². The molecule has 0 amide bonds. The summed E-state index contributed by atoms with van der Waals surface area (Å²) in [5.41, 5.74) is 5.44. The number of aryl methyl sites for hydroxylation is 1. The van der Waals surface area contributed by atoms with E-state index in [1.807, 2.05) is 0 Å². The van der Waals surface area contributed by atoms with Gasteiger partial charge in [0.05, 0.1) is 12.0 Å². The molecule has 2 heterocycles. The molecule has 1 aromatic rings. The molecule has 0 saturated carbocycles. The zero-order chi connectivity index (χ0) is 13.3. The number of aromatic amines is 1. The van der Waals surface area contributed by atoms with Crippen LogP contribution in [0, 0.1) is 18.3 Å². The van der Waals surface area contributed by atoms with E-state index >= 15 is 0 Å². The van der Waals surface area contributed by atoms with E-state index in [1.165, 1.54) is 10.5 Å². The van der Waals surface area contributed by atoms with E-state index in [1.54, 1.807) is 6.92 Å². The first-order chi connectivity index (χ1) is 8.41. The van der Waals surface area contributed by atoms with Crippen molar-refractivity contribution in [3.63, 3.8) is 0 Å². The number of hydrogen-bond acceptors (Lipinski definition) is 4. The van der Waals surface area contributed by atoms with Gasteiger partial charge in [-0.15, -0.1) is 0 Å². The van der Waals surface area contributed by atoms with Crippen LogP contribution in [0.5, 0.6) is 0 Å². The molecular weight excluding hydrogens is 254 g/mol. The zero-order valence-electron chi connectivity index (χ0n) is 10.2. The lowest BCUT2D eigenvalue weighted by atomic mass is 9.97. The average Bonchev–Trinajstić information content (AvgIpc) is 2.76. The highest BCUT2D eigenvalue weighted by molar-refractivity contribution is 7.89. The molecule has 0 spiro atoms. The van der Waals surface area contributed by atoms with Crippen molar-refractivity contribution in [3.8, 4) is 0 Å². The maximum atomic E-state index is 12.2. The lowest BCUT2D eigenvalue weighted by molar-refractivity contribution is 0.314. The van der Waals surface area contributed by atoms with Gasteiger partial charge in [0, 0.05) is 19.0 Å². The SMILES string of the molecule is Cc1ncc(S(=O)(=O)N2CCC(C(=N)N)CC2)[nH]1. The quantitative estimate of drug-likeness (QED) is 0.532. The summed E-state index contributed by atoms with van der Waals surface area (Å²) < 4.78 is 25.9. The van der Waals surface area contributed by atoms with Gasteiger partial charge in [-0.25, -0.2) is 13.4 Å². The van der Waals surface area contributed by atoms with Crippen molar-refractivity contribution in [2.45, 2.75) is 24.8 Å². The Morgan fingerprint density at radius 1 is 1.56 bits per heavy atom. The van der Waals surface area contributed by atoms with Crippen LogP contribution in [0.4, 0.5) is 0 Å². The number of amidine groups is 1. The number of rotatable bonds is 3. The molecule has 8 heteroatoms. The average molecular weight is 271 g/mol. The van der Waals surface area contributed by atoms with Crippen LogP contribution < -0.4 is 5.73 Å². The molecule has 0 bridgehead atoms. The normalized spacial score (nSPS) is 18.9. The van der Waals surface area contributed by atoms with Crippen molar-refractivity contribution in [2.75, 3.05) is 13.1 Å². The summed E-state index contributed by atoms with van der Waals surface area (Å²) in [6.45, 7) is 2.50. The van der Waals surface area contributed by atoms with Crippen LogP contribution in [-0.4, -0.2) is 41.6 Å². The topological polar surface area (TPSA) is 116 Å². The van der Waals surface area contributed by atoms with E-state index in [9.17, 15) is 8.42 Å². The van der Waals surface area contributed by atoms with Gasteiger partial charge < -0.3 is 10.7 Å². The van der Waals surface area contributed by atoms with Crippen LogP contribution in [0.25, 0.3) is 0 Å². The van der Waals surface area contributed by atoms with Crippen LogP contribution in [0.3, 0.4) is 0 Å². The lowest BCUT2D eigenvalue weighted by Gasteiger charge is -2.29. The second-order valence-electron chi connectivity index (χ2n) is 4.47. The molecule has 0 atom stereocenters. The molecule has 4 N–H and O–H groups in total. The van der Waals surface area contributed by atoms with Gasteiger partial charge in [-0.1, -0.05) is 0 Å². The molecular formula is C10H17N5O2S. The van der Waals surface area contributed by atoms with Gasteiger partial charge in [-0.2, -0.15) is 4.31 Å². The Morgan fingerprint density at radius 2 is 2.17 bits per heavy atom. The Hall–Kier alpha value is -1.41. The van der Waals surface area contributed by atoms with Gasteiger partial charge in [0.2, 0.25) is 0 Å². The predicted molar refractivity (Wildman–Crippen MR) is 66.7 cm³/mol. The minimum atomic E-state index is -3.49. The van der Waals surface area contributed by atoms with E-state index in [-0.39, 0.29) is 16.8 Å². The Kier molecular flexibility index (Phi) is 3.40. The highest BCUT2D eigenvalue weighted by Gasteiger charge is 2.31. The summed E-state index contributed by atoms with van der Waals surface area (Å²) in [7, 11) is -3.49. The molecule has 18 heavy (non-hydrogen) atoms. The number of nitrogens with zero attached hydrogens (tertiary/aromatic N) is 2. The van der Waals surface area contributed by atoms with Crippen molar-refractivity contribution in [3.05, 3.63) is 12.0 Å². The first-order valence-electron chi connectivity index (χ1n) is 5.77. The first-order valence-corrected chi connectivity index (χ1v) is 7.21. The molecule has 100 valence electrons. The minimum absolute atomic E-state index is 0.0000436. The summed E-state index contributed by atoms with van der Waals surface area (Å²) in [4.78, 5) is 6.65. The zero-order valence-corrected chi connectivity index (χ0v) is 11.0. The summed E-state index contributed by atoms with van der Waals surface area (Å²) in [5, 5.41) is 7.50. The second kappa shape index (κ2) is 4.69. The van der Waals surface area contributed by atoms with Gasteiger partial charge in [0.15, 0.2) is 5.03 Å². The summed E-state index contributed by atoms with van der Waals surface area (Å²) in [5.74, 6) is 0.719. The van der Waals surface area contributed by atoms with Crippen LogP contribution in [0.1, 0.15) is 18.7 Å². The van der Waals surface area contributed by atoms with Crippen LogP contribution in [0.2, 0.25) is 0 Å². The van der Waals surface area contributed by atoms with Gasteiger partial charge in [0.1, 0.15) is 5.82 Å². The Bertz CT molecular complexity index is 542. The van der Waals surface area contributed by atoms with Crippen molar-refractivity contribution in [1.82, 2.24) is 14.3 Å². The number of nitrogens with one attached hydrogen (secondary N) is 2. The molecule has 0 radical (unpaired) electrons. The van der Waals surface area contributed by atoms with Crippen LogP contribution in [-0.2, 0) is 10.0 Å². The lowest BCUT2D eigenvalue weighted by Crippen LogP contribution is -2.41. The Balaban J connectivity index is 2.12. The number of nitrogens with two attached hydrogens (primary N) is 1. The third kappa shape index (κ3) is 2.39. The molecule has 7 nitrogen and oxygen atoms in total. The monoisotopic (exact) mass is 271 g/mol. The van der Waals surface area contributed by atoms with Crippen molar-refractivity contribution in [2.24, 2.45) is 11.7 Å². The predicted octanol–water partition coefficient (Wildman–Crippen LogP) is 0.0548. The maximum absolute atomic E-state index is 12.2. The third-order valence-corrected chi connectivity index (χ3v) is 5.00. The van der Waals surface area contributed by atoms with Gasteiger partial charge in [-0.3, -0.25) is 5.41 Å². The fraction of sp³-hybridized carbons (Fsp3) is 0.600. The van der Waals surface area contributed by atoms with E-state index < -0.39 is 10.0 Å². The summed E-state index contributed by atoms with van der Waals surface area (Å²) in [6, 6.07) is 0. The maximum Gasteiger partial charge on any atom is 0.260 e. The van der Waals surface area contributed by atoms with Gasteiger partial charge in [-0.05, 0) is 19.8 Å². The minimum Gasteiger partial charge on any atom is -0.387 e. The van der Waals surface area contributed by atoms with Gasteiger partial charge in [0.25, 0.3) is 10.0 Å². The smallest absolute Gasteiger partial charge is 0.260 e. The van der Waals surface area contributed by atoms with Gasteiger partial charge >= 0.3 is 0 Å². The van der Waals surface area contributed by atoms with Crippen molar-refractivity contribution >= 4 is 15.9 Å². The Labute approximate surface area is 106 Å². The number of H-pyrrole nitrogens is 1. The number of hydrogen-bond donors (Lipinski definition) is 3. The fourth-order valence-electron chi connectivity index (χ4n) is 2.08. The standard InChI is InChI=1S/C10H17N5O2S/c1-7-13-6-9(14-7)18(16,17)15-4-2-8(3-5-15)10(11)12/h6,8H,2-5H2,1H3,(H3,11,12)(H,13,14). The van der Waals surface area contributed by atoms with Crippen LogP contribution in [0.15, 0.2) is 11.2 Å². The first kappa shape index (κ1) is 13.0. The third-order valence-electron chi connectivity index (χ3n) is 3.19. The largest absolute Gasteiger partial charge is 0.387 e. The summed E-state index contributed by atoms with van der Waals surface area (Å²) in [6.07, 6.45) is 2.53. The highest BCUT2D eigenvalue weighted by atomic mass is 32.2. The highest BCUT2D eigenvalue weighted by Crippen LogP contribution is 2.22. The van der Waals surface area contributed by atoms with E-state index in [0.717, 1.165) is 0 Å². The van der Waals surface area contributed by atoms with E-state index in [0.29, 0.717) is 31.8 Å². The van der Waals surface area contributed by atoms with Crippen LogP contribution >= 0.6 is 0 Å². The molecule has 0 aliphatic carbocycles. The van der Waals surface area contributed by atoms with Crippen molar-refractivity contribution in [1.29, 1.82) is 5.41 Å². The van der Waals surface area contributed by atoms with E-state index in [4.69, 9.17) is 11.1 Å². The molecule has 1 fully saturated rings. The molecule has 1 saturated heterocycles. The molecule has 2 rings (SSSR count). The number of aromatic nitrogens is 2. The number of imidazole rings is 1. The molecule has 1 aliphatic rings. The molecule has 0 aromatic carbocycles. The molecule has 0 unspecified atom stereocenters. The number of sulfonamides is 1. The summed E-state index contributed by atoms with van der Waals surface area (Å²) >= 11 is 0. The Morgan fingerprint density at radius 3 is 2.61 bits per heavy atom. The second-order valence-corrected chi connectivity index (χ2v) is 6.37. The fourth-order valence-corrected chi connectivity index (χ4v) is 3.51. The molecule has 1 aromatic heterocycles.